The Hall–Kier alpha value is -1.20. The Bertz CT molecular complexity index is 544. The molecule has 0 aliphatic carbocycles. The molecule has 0 saturated carbocycles. The van der Waals surface area contributed by atoms with E-state index in [0.29, 0.717) is 22.9 Å². The molecule has 1 aliphatic heterocycles. The van der Waals surface area contributed by atoms with Crippen molar-refractivity contribution in [2.45, 2.75) is 36.3 Å². The minimum Gasteiger partial charge on any atom is -0.282 e. The topological polar surface area (TPSA) is 54.5 Å². The molecule has 2 atom stereocenters. The van der Waals surface area contributed by atoms with Crippen molar-refractivity contribution < 1.29 is 13.8 Å². The lowest BCUT2D eigenvalue weighted by molar-refractivity contribution is -0.142. The Balaban J connectivity index is 2.25. The van der Waals surface area contributed by atoms with Crippen molar-refractivity contribution in [2.24, 2.45) is 0 Å². The molecule has 2 unspecified atom stereocenters. The Labute approximate surface area is 125 Å². The molecular weight excluding hydrogens is 298 g/mol. The number of halogens is 1. The van der Waals surface area contributed by atoms with Crippen LogP contribution in [0.25, 0.3) is 0 Å². The molecule has 20 heavy (non-hydrogen) atoms. The van der Waals surface area contributed by atoms with Gasteiger partial charge in [-0.15, -0.1) is 0 Å². The van der Waals surface area contributed by atoms with E-state index < -0.39 is 16.0 Å². The SMILES string of the molecule is CC(=O)N1CCCCC(S(=O)c2ccc(Cl)cc2)C1=O. The van der Waals surface area contributed by atoms with Crippen LogP contribution in [0, 0.1) is 0 Å². The average molecular weight is 314 g/mol. The molecule has 0 aromatic heterocycles. The molecular formula is C14H16ClNO3S. The van der Waals surface area contributed by atoms with E-state index in [9.17, 15) is 13.8 Å². The summed E-state index contributed by atoms with van der Waals surface area (Å²) in [5.41, 5.74) is 0. The molecule has 1 aliphatic rings. The summed E-state index contributed by atoms with van der Waals surface area (Å²) < 4.78 is 12.6. The fourth-order valence-electron chi connectivity index (χ4n) is 2.25. The van der Waals surface area contributed by atoms with Crippen molar-refractivity contribution >= 4 is 34.2 Å². The van der Waals surface area contributed by atoms with Gasteiger partial charge in [-0.1, -0.05) is 11.6 Å². The summed E-state index contributed by atoms with van der Waals surface area (Å²) >= 11 is 5.80. The maximum absolute atomic E-state index is 12.6. The molecule has 1 heterocycles. The van der Waals surface area contributed by atoms with Crippen molar-refractivity contribution in [3.8, 4) is 0 Å². The van der Waals surface area contributed by atoms with Crippen LogP contribution >= 0.6 is 11.6 Å². The first-order valence-corrected chi connectivity index (χ1v) is 8.08. The number of amides is 2. The molecule has 6 heteroatoms. The summed E-state index contributed by atoms with van der Waals surface area (Å²) in [4.78, 5) is 25.6. The van der Waals surface area contributed by atoms with Gasteiger partial charge < -0.3 is 0 Å². The average Bonchev–Trinajstić information content (AvgIpc) is 2.61. The van der Waals surface area contributed by atoms with Crippen molar-refractivity contribution in [3.05, 3.63) is 29.3 Å². The summed E-state index contributed by atoms with van der Waals surface area (Å²) in [5, 5.41) is -0.0918. The second-order valence-corrected chi connectivity index (χ2v) is 6.82. The third kappa shape index (κ3) is 3.27. The van der Waals surface area contributed by atoms with Crippen LogP contribution in [0.2, 0.25) is 5.02 Å². The van der Waals surface area contributed by atoms with Gasteiger partial charge in [0.15, 0.2) is 0 Å². The summed E-state index contributed by atoms with van der Waals surface area (Å²) in [5.74, 6) is -0.613. The summed E-state index contributed by atoms with van der Waals surface area (Å²) in [6, 6.07) is 6.63. The summed E-state index contributed by atoms with van der Waals surface area (Å²) in [6.07, 6.45) is 2.09. The largest absolute Gasteiger partial charge is 0.282 e. The highest BCUT2D eigenvalue weighted by atomic mass is 35.5. The van der Waals surface area contributed by atoms with Crippen LogP contribution in [-0.2, 0) is 20.4 Å². The van der Waals surface area contributed by atoms with E-state index in [2.05, 4.69) is 0 Å². The van der Waals surface area contributed by atoms with Gasteiger partial charge in [0.05, 0.1) is 10.8 Å². The predicted octanol–water partition coefficient (Wildman–Crippen LogP) is 2.38. The molecule has 0 spiro atoms. The van der Waals surface area contributed by atoms with Crippen LogP contribution in [0.3, 0.4) is 0 Å². The van der Waals surface area contributed by atoms with Gasteiger partial charge in [0.25, 0.3) is 0 Å². The first-order chi connectivity index (χ1) is 9.50. The van der Waals surface area contributed by atoms with Gasteiger partial charge in [-0.05, 0) is 43.5 Å². The second-order valence-electron chi connectivity index (χ2n) is 4.74. The van der Waals surface area contributed by atoms with Gasteiger partial charge in [0.2, 0.25) is 11.8 Å². The van der Waals surface area contributed by atoms with Gasteiger partial charge in [-0.25, -0.2) is 0 Å². The Morgan fingerprint density at radius 3 is 2.55 bits per heavy atom. The molecule has 2 rings (SSSR count). The first-order valence-electron chi connectivity index (χ1n) is 6.49. The molecule has 4 nitrogen and oxygen atoms in total. The van der Waals surface area contributed by atoms with Gasteiger partial charge in [-0.3, -0.25) is 18.7 Å². The van der Waals surface area contributed by atoms with Crippen LogP contribution in [0.1, 0.15) is 26.2 Å². The molecule has 0 radical (unpaired) electrons. The number of carbonyl (C=O) groups excluding carboxylic acids is 2. The van der Waals surface area contributed by atoms with E-state index in [4.69, 9.17) is 11.6 Å². The molecule has 0 N–H and O–H groups in total. The Kier molecular flexibility index (Phi) is 4.94. The highest BCUT2D eigenvalue weighted by Gasteiger charge is 2.33. The maximum Gasteiger partial charge on any atom is 0.245 e. The zero-order chi connectivity index (χ0) is 14.7. The summed E-state index contributed by atoms with van der Waals surface area (Å²) in [6.45, 7) is 1.79. The number of nitrogens with zero attached hydrogens (tertiary/aromatic N) is 1. The normalized spacial score (nSPS) is 21.4. The number of benzene rings is 1. The van der Waals surface area contributed by atoms with Gasteiger partial charge in [-0.2, -0.15) is 0 Å². The lowest BCUT2D eigenvalue weighted by Crippen LogP contribution is -2.42. The smallest absolute Gasteiger partial charge is 0.245 e. The number of hydrogen-bond acceptors (Lipinski definition) is 3. The quantitative estimate of drug-likeness (QED) is 0.842. The summed E-state index contributed by atoms with van der Waals surface area (Å²) in [7, 11) is -1.46. The fourth-order valence-corrected chi connectivity index (χ4v) is 3.80. The molecule has 1 aromatic rings. The third-order valence-electron chi connectivity index (χ3n) is 3.32. The van der Waals surface area contributed by atoms with Gasteiger partial charge >= 0.3 is 0 Å². The second kappa shape index (κ2) is 6.50. The van der Waals surface area contributed by atoms with Crippen molar-refractivity contribution in [1.82, 2.24) is 4.90 Å². The lowest BCUT2D eigenvalue weighted by Gasteiger charge is -2.20. The number of imide groups is 1. The van der Waals surface area contributed by atoms with Crippen LogP contribution in [0.4, 0.5) is 0 Å². The number of rotatable bonds is 2. The first kappa shape index (κ1) is 15.2. The van der Waals surface area contributed by atoms with E-state index in [1.807, 2.05) is 0 Å². The van der Waals surface area contributed by atoms with Gasteiger partial charge in [0.1, 0.15) is 5.25 Å². The maximum atomic E-state index is 12.6. The zero-order valence-electron chi connectivity index (χ0n) is 11.2. The van der Waals surface area contributed by atoms with E-state index in [-0.39, 0.29) is 11.8 Å². The minimum absolute atomic E-state index is 0.282. The Morgan fingerprint density at radius 1 is 1.30 bits per heavy atom. The molecule has 2 amide bonds. The van der Waals surface area contributed by atoms with E-state index in [1.54, 1.807) is 24.3 Å². The predicted molar refractivity (Wildman–Crippen MR) is 77.9 cm³/mol. The van der Waals surface area contributed by atoms with E-state index in [0.717, 1.165) is 12.8 Å². The fraction of sp³-hybridized carbons (Fsp3) is 0.429. The van der Waals surface area contributed by atoms with Gasteiger partial charge in [0, 0.05) is 23.4 Å². The molecule has 1 aromatic carbocycles. The van der Waals surface area contributed by atoms with Crippen LogP contribution in [-0.4, -0.2) is 32.7 Å². The number of likely N-dealkylation sites (tertiary alicyclic amines) is 1. The van der Waals surface area contributed by atoms with Crippen molar-refractivity contribution in [1.29, 1.82) is 0 Å². The highest BCUT2D eigenvalue weighted by molar-refractivity contribution is 7.86. The highest BCUT2D eigenvalue weighted by Crippen LogP contribution is 2.22. The standard InChI is InChI=1S/C14H16ClNO3S/c1-10(17)16-9-3-2-4-13(14(16)18)20(19)12-7-5-11(15)6-8-12/h5-8,13H,2-4,9H2,1H3. The van der Waals surface area contributed by atoms with E-state index >= 15 is 0 Å². The molecule has 108 valence electrons. The minimum atomic E-state index is -1.46. The third-order valence-corrected chi connectivity index (χ3v) is 5.27. The van der Waals surface area contributed by atoms with Crippen molar-refractivity contribution in [3.63, 3.8) is 0 Å². The molecule has 0 bridgehead atoms. The van der Waals surface area contributed by atoms with Crippen LogP contribution in [0.15, 0.2) is 29.2 Å². The zero-order valence-corrected chi connectivity index (χ0v) is 12.7. The van der Waals surface area contributed by atoms with Crippen molar-refractivity contribution in [2.75, 3.05) is 6.54 Å². The van der Waals surface area contributed by atoms with E-state index in [1.165, 1.54) is 11.8 Å². The van der Waals surface area contributed by atoms with Crippen LogP contribution in [0.5, 0.6) is 0 Å². The number of hydrogen-bond donors (Lipinski definition) is 0. The van der Waals surface area contributed by atoms with Crippen LogP contribution < -0.4 is 0 Å². The monoisotopic (exact) mass is 313 g/mol. The molecule has 1 saturated heterocycles. The molecule has 1 fully saturated rings. The Morgan fingerprint density at radius 2 is 1.95 bits per heavy atom. The lowest BCUT2D eigenvalue weighted by atomic mass is 10.2. The number of carbonyl (C=O) groups is 2.